The maximum absolute atomic E-state index is 12.5. The van der Waals surface area contributed by atoms with Crippen molar-refractivity contribution in [2.75, 3.05) is 13.2 Å². The Labute approximate surface area is 169 Å². The summed E-state index contributed by atoms with van der Waals surface area (Å²) < 4.78 is 7.48. The third kappa shape index (κ3) is 4.93. The Morgan fingerprint density at radius 3 is 2.89 bits per heavy atom. The number of terminal acetylenes is 1. The van der Waals surface area contributed by atoms with E-state index in [9.17, 15) is 4.79 Å². The van der Waals surface area contributed by atoms with Crippen LogP contribution in [-0.4, -0.2) is 28.6 Å². The van der Waals surface area contributed by atoms with Gasteiger partial charge in [0.25, 0.3) is 5.91 Å². The van der Waals surface area contributed by atoms with Crippen molar-refractivity contribution in [2.45, 2.75) is 13.3 Å². The normalized spacial score (nSPS) is 10.3. The van der Waals surface area contributed by atoms with Crippen LogP contribution in [0.25, 0.3) is 5.69 Å². The van der Waals surface area contributed by atoms with E-state index in [1.807, 2.05) is 48.0 Å². The van der Waals surface area contributed by atoms with Crippen molar-refractivity contribution in [1.82, 2.24) is 14.9 Å². The van der Waals surface area contributed by atoms with Crippen LogP contribution >= 0.6 is 11.6 Å². The van der Waals surface area contributed by atoms with E-state index < -0.39 is 0 Å². The molecule has 6 heteroatoms. The number of nitrogens with zero attached hydrogens (tertiary/aromatic N) is 2. The molecular weight excluding hydrogens is 374 g/mol. The molecule has 2 aromatic carbocycles. The molecule has 1 amide bonds. The van der Waals surface area contributed by atoms with Gasteiger partial charge in [-0.1, -0.05) is 29.7 Å². The average molecular weight is 394 g/mol. The summed E-state index contributed by atoms with van der Waals surface area (Å²) in [6, 6.07) is 12.8. The Hall–Kier alpha value is -3.23. The van der Waals surface area contributed by atoms with Gasteiger partial charge in [-0.3, -0.25) is 4.79 Å². The first-order valence-electron chi connectivity index (χ1n) is 8.81. The summed E-state index contributed by atoms with van der Waals surface area (Å²) in [7, 11) is 0. The Morgan fingerprint density at radius 2 is 2.18 bits per heavy atom. The van der Waals surface area contributed by atoms with Gasteiger partial charge in [0.2, 0.25) is 0 Å². The van der Waals surface area contributed by atoms with E-state index in [0.717, 1.165) is 16.9 Å². The standard InChI is InChI=1S/C22H20ClN3O2/c1-3-11-28-21-13-18(7-8-20(21)26-14-16(2)25-15-26)22(27)24-10-9-17-5-4-6-19(23)12-17/h1,4-8,12-15H,9-11H2,2H3,(H,24,27). The number of aromatic nitrogens is 2. The van der Waals surface area contributed by atoms with Crippen molar-refractivity contribution in [1.29, 1.82) is 0 Å². The molecule has 0 radical (unpaired) electrons. The summed E-state index contributed by atoms with van der Waals surface area (Å²) in [4.78, 5) is 16.8. The SMILES string of the molecule is C#CCOc1cc(C(=O)NCCc2cccc(Cl)c2)ccc1-n1cnc(C)c1. The molecule has 0 atom stereocenters. The highest BCUT2D eigenvalue weighted by atomic mass is 35.5. The molecule has 1 heterocycles. The van der Waals surface area contributed by atoms with E-state index in [1.165, 1.54) is 0 Å². The molecule has 28 heavy (non-hydrogen) atoms. The molecular formula is C22H20ClN3O2. The average Bonchev–Trinajstić information content (AvgIpc) is 3.12. The number of benzene rings is 2. The number of carbonyl (C=O) groups excluding carboxylic acids is 1. The summed E-state index contributed by atoms with van der Waals surface area (Å²) in [5.74, 6) is 2.79. The molecule has 5 nitrogen and oxygen atoms in total. The Bertz CT molecular complexity index is 1020. The van der Waals surface area contributed by atoms with E-state index in [-0.39, 0.29) is 12.5 Å². The lowest BCUT2D eigenvalue weighted by Crippen LogP contribution is -2.25. The van der Waals surface area contributed by atoms with Crippen molar-refractivity contribution in [3.8, 4) is 23.8 Å². The van der Waals surface area contributed by atoms with Gasteiger partial charge in [0.05, 0.1) is 17.7 Å². The van der Waals surface area contributed by atoms with Crippen LogP contribution < -0.4 is 10.1 Å². The molecule has 0 fully saturated rings. The van der Waals surface area contributed by atoms with Crippen molar-refractivity contribution in [2.24, 2.45) is 0 Å². The molecule has 0 unspecified atom stereocenters. The van der Waals surface area contributed by atoms with E-state index >= 15 is 0 Å². The topological polar surface area (TPSA) is 56.1 Å². The number of aryl methyl sites for hydroxylation is 1. The Kier molecular flexibility index (Phi) is 6.36. The first-order chi connectivity index (χ1) is 13.6. The third-order valence-corrected chi connectivity index (χ3v) is 4.35. The number of amides is 1. The highest BCUT2D eigenvalue weighted by Crippen LogP contribution is 2.25. The van der Waals surface area contributed by atoms with Crippen LogP contribution in [0.4, 0.5) is 0 Å². The van der Waals surface area contributed by atoms with Gasteiger partial charge < -0.3 is 14.6 Å². The van der Waals surface area contributed by atoms with Crippen LogP contribution in [0, 0.1) is 19.3 Å². The van der Waals surface area contributed by atoms with E-state index in [1.54, 1.807) is 18.5 Å². The van der Waals surface area contributed by atoms with Crippen molar-refractivity contribution in [3.63, 3.8) is 0 Å². The van der Waals surface area contributed by atoms with Gasteiger partial charge in [0.15, 0.2) is 0 Å². The smallest absolute Gasteiger partial charge is 0.251 e. The predicted molar refractivity (Wildman–Crippen MR) is 110 cm³/mol. The summed E-state index contributed by atoms with van der Waals surface area (Å²) in [5, 5.41) is 3.60. The minimum Gasteiger partial charge on any atom is -0.479 e. The quantitative estimate of drug-likeness (QED) is 0.621. The predicted octanol–water partition coefficient (Wildman–Crippen LogP) is 3.82. The molecule has 1 aromatic heterocycles. The lowest BCUT2D eigenvalue weighted by Gasteiger charge is -2.13. The fraction of sp³-hybridized carbons (Fsp3) is 0.182. The summed E-state index contributed by atoms with van der Waals surface area (Å²) in [5.41, 5.74) is 3.22. The second-order valence-corrected chi connectivity index (χ2v) is 6.67. The number of nitrogens with one attached hydrogen (secondary N) is 1. The van der Waals surface area contributed by atoms with E-state index in [2.05, 4.69) is 16.2 Å². The third-order valence-electron chi connectivity index (χ3n) is 4.11. The van der Waals surface area contributed by atoms with E-state index in [4.69, 9.17) is 22.8 Å². The van der Waals surface area contributed by atoms with Crippen molar-refractivity contribution < 1.29 is 9.53 Å². The van der Waals surface area contributed by atoms with E-state index in [0.29, 0.717) is 29.3 Å². The molecule has 0 saturated heterocycles. The zero-order chi connectivity index (χ0) is 19.9. The van der Waals surface area contributed by atoms with Crippen LogP contribution in [0.5, 0.6) is 5.75 Å². The summed E-state index contributed by atoms with van der Waals surface area (Å²) in [6.07, 6.45) is 9.58. The van der Waals surface area contributed by atoms with Gasteiger partial charge in [0.1, 0.15) is 12.4 Å². The number of hydrogen-bond donors (Lipinski definition) is 1. The first kappa shape index (κ1) is 19.5. The molecule has 0 saturated carbocycles. The van der Waals surface area contributed by atoms with Crippen LogP contribution in [0.1, 0.15) is 21.6 Å². The maximum Gasteiger partial charge on any atom is 0.251 e. The number of hydrogen-bond acceptors (Lipinski definition) is 3. The number of carbonyl (C=O) groups is 1. The summed E-state index contributed by atoms with van der Waals surface area (Å²) in [6.45, 7) is 2.52. The highest BCUT2D eigenvalue weighted by molar-refractivity contribution is 6.30. The zero-order valence-electron chi connectivity index (χ0n) is 15.5. The van der Waals surface area contributed by atoms with Gasteiger partial charge >= 0.3 is 0 Å². The van der Waals surface area contributed by atoms with Gasteiger partial charge in [-0.15, -0.1) is 6.42 Å². The van der Waals surface area contributed by atoms with Crippen molar-refractivity contribution in [3.05, 3.63) is 76.8 Å². The lowest BCUT2D eigenvalue weighted by atomic mass is 10.1. The van der Waals surface area contributed by atoms with Gasteiger partial charge in [-0.25, -0.2) is 4.98 Å². The number of ether oxygens (including phenoxy) is 1. The van der Waals surface area contributed by atoms with Gasteiger partial charge in [-0.05, 0) is 49.2 Å². The maximum atomic E-state index is 12.5. The molecule has 0 spiro atoms. The molecule has 0 aliphatic carbocycles. The molecule has 1 N–H and O–H groups in total. The lowest BCUT2D eigenvalue weighted by molar-refractivity contribution is 0.0953. The monoisotopic (exact) mass is 393 g/mol. The molecule has 3 aromatic rings. The van der Waals surface area contributed by atoms with Crippen LogP contribution in [-0.2, 0) is 6.42 Å². The van der Waals surface area contributed by atoms with Crippen LogP contribution in [0.2, 0.25) is 5.02 Å². The van der Waals surface area contributed by atoms with Gasteiger partial charge in [-0.2, -0.15) is 0 Å². The number of halogens is 1. The Morgan fingerprint density at radius 1 is 1.32 bits per heavy atom. The number of rotatable bonds is 7. The molecule has 142 valence electrons. The largest absolute Gasteiger partial charge is 0.479 e. The molecule has 0 aliphatic rings. The summed E-state index contributed by atoms with van der Waals surface area (Å²) >= 11 is 5.99. The minimum absolute atomic E-state index is 0.112. The Balaban J connectivity index is 1.72. The van der Waals surface area contributed by atoms with Crippen LogP contribution in [0.15, 0.2) is 55.0 Å². The minimum atomic E-state index is -0.180. The second kappa shape index (κ2) is 9.12. The molecule has 3 rings (SSSR count). The van der Waals surface area contributed by atoms with Crippen LogP contribution in [0.3, 0.4) is 0 Å². The molecule has 0 bridgehead atoms. The second-order valence-electron chi connectivity index (χ2n) is 6.23. The fourth-order valence-corrected chi connectivity index (χ4v) is 2.98. The zero-order valence-corrected chi connectivity index (χ0v) is 16.2. The number of imidazole rings is 1. The first-order valence-corrected chi connectivity index (χ1v) is 9.18. The molecule has 0 aliphatic heterocycles. The van der Waals surface area contributed by atoms with Gasteiger partial charge in [0, 0.05) is 23.3 Å². The fourth-order valence-electron chi connectivity index (χ4n) is 2.77. The van der Waals surface area contributed by atoms with Crippen molar-refractivity contribution >= 4 is 17.5 Å². The highest BCUT2D eigenvalue weighted by Gasteiger charge is 2.12.